The van der Waals surface area contributed by atoms with Gasteiger partial charge >= 0.3 is 0 Å². The van der Waals surface area contributed by atoms with Gasteiger partial charge in [-0.05, 0) is 39.4 Å². The highest BCUT2D eigenvalue weighted by molar-refractivity contribution is 5.94. The number of likely N-dealkylation sites (N-methyl/N-ethyl adjacent to an activating group) is 1. The van der Waals surface area contributed by atoms with E-state index in [4.69, 9.17) is 4.74 Å². The summed E-state index contributed by atoms with van der Waals surface area (Å²) in [5, 5.41) is 6.65. The fourth-order valence-electron chi connectivity index (χ4n) is 4.94. The molecule has 2 fully saturated rings. The van der Waals surface area contributed by atoms with Crippen LogP contribution in [-0.4, -0.2) is 76.0 Å². The molecule has 3 aliphatic rings. The molecule has 0 bridgehead atoms. The van der Waals surface area contributed by atoms with E-state index in [0.717, 1.165) is 49.4 Å². The highest BCUT2D eigenvalue weighted by atomic mass is 16.5. The van der Waals surface area contributed by atoms with E-state index in [1.807, 2.05) is 32.4 Å². The summed E-state index contributed by atoms with van der Waals surface area (Å²) in [6.07, 6.45) is 9.74. The molecule has 2 N–H and O–H groups in total. The van der Waals surface area contributed by atoms with Crippen LogP contribution in [0.5, 0.6) is 5.88 Å². The van der Waals surface area contributed by atoms with Gasteiger partial charge in [0.15, 0.2) is 0 Å². The second-order valence-corrected chi connectivity index (χ2v) is 9.30. The predicted molar refractivity (Wildman–Crippen MR) is 122 cm³/mol. The number of fused-ring (bicyclic) bond motifs is 1. The number of nitrogens with zero attached hydrogens (tertiary/aromatic N) is 5. The van der Waals surface area contributed by atoms with Crippen LogP contribution < -0.4 is 15.4 Å². The maximum absolute atomic E-state index is 13.3. The Labute approximate surface area is 188 Å². The summed E-state index contributed by atoms with van der Waals surface area (Å²) in [5.41, 5.74) is 1.23. The Hall–Kier alpha value is -2.94. The van der Waals surface area contributed by atoms with Gasteiger partial charge in [-0.25, -0.2) is 9.97 Å². The van der Waals surface area contributed by atoms with Crippen molar-refractivity contribution in [2.24, 2.45) is 0 Å². The minimum absolute atomic E-state index is 0.228. The molecule has 1 spiro atoms. The summed E-state index contributed by atoms with van der Waals surface area (Å²) in [6.45, 7) is 2.25. The Kier molecular flexibility index (Phi) is 5.58. The van der Waals surface area contributed by atoms with Gasteiger partial charge in [-0.15, -0.1) is 0 Å². The fourth-order valence-corrected chi connectivity index (χ4v) is 4.94. The van der Waals surface area contributed by atoms with Gasteiger partial charge in [0.25, 0.3) is 0 Å². The summed E-state index contributed by atoms with van der Waals surface area (Å²) >= 11 is 0. The predicted octanol–water partition coefficient (Wildman–Crippen LogP) is 2.44. The van der Waals surface area contributed by atoms with Gasteiger partial charge in [0, 0.05) is 43.4 Å². The molecule has 5 rings (SSSR count). The third-order valence-corrected chi connectivity index (χ3v) is 6.71. The molecule has 1 aliphatic carbocycles. The minimum atomic E-state index is -0.550. The van der Waals surface area contributed by atoms with Gasteiger partial charge in [-0.2, -0.15) is 4.98 Å². The zero-order valence-electron chi connectivity index (χ0n) is 18.8. The lowest BCUT2D eigenvalue weighted by molar-refractivity contribution is -0.133. The number of amides is 1. The van der Waals surface area contributed by atoms with Crippen LogP contribution in [0.1, 0.15) is 37.7 Å². The number of likely N-dealkylation sites (tertiary alicyclic amines) is 1. The van der Waals surface area contributed by atoms with E-state index in [1.165, 1.54) is 12.8 Å². The summed E-state index contributed by atoms with van der Waals surface area (Å²) in [6, 6.07) is 4.13. The van der Waals surface area contributed by atoms with Crippen LogP contribution in [0, 0.1) is 0 Å². The number of hydrogen-bond donors (Lipinski definition) is 2. The number of ether oxygens (including phenoxy) is 1. The number of rotatable bonds is 7. The van der Waals surface area contributed by atoms with Crippen molar-refractivity contribution in [2.75, 3.05) is 44.4 Å². The van der Waals surface area contributed by atoms with Crippen molar-refractivity contribution in [3.8, 4) is 5.88 Å². The van der Waals surface area contributed by atoms with Gasteiger partial charge in [-0.3, -0.25) is 4.79 Å². The number of nitrogens with one attached hydrogen (secondary N) is 2. The van der Waals surface area contributed by atoms with Gasteiger partial charge in [-0.1, -0.05) is 12.8 Å². The van der Waals surface area contributed by atoms with Gasteiger partial charge in [0.05, 0.1) is 11.9 Å². The summed E-state index contributed by atoms with van der Waals surface area (Å²) in [7, 11) is 4.01. The molecule has 1 atom stereocenters. The SMILES string of the molecule is CN(C)CCOc1ccc(Nc2ncc3c(n2)NC2(CCN(C4CCCC4)C2=O)C3)cn1. The molecule has 2 aromatic rings. The highest BCUT2D eigenvalue weighted by Crippen LogP contribution is 2.40. The van der Waals surface area contributed by atoms with Crippen LogP contribution >= 0.6 is 0 Å². The second kappa shape index (κ2) is 8.54. The smallest absolute Gasteiger partial charge is 0.248 e. The summed E-state index contributed by atoms with van der Waals surface area (Å²) in [4.78, 5) is 30.9. The molecule has 2 aromatic heterocycles. The maximum atomic E-state index is 13.3. The highest BCUT2D eigenvalue weighted by Gasteiger charge is 2.52. The molecule has 1 amide bonds. The largest absolute Gasteiger partial charge is 0.476 e. The quantitative estimate of drug-likeness (QED) is 0.682. The molecule has 0 aromatic carbocycles. The number of pyridine rings is 1. The average Bonchev–Trinajstić information content (AvgIpc) is 3.49. The van der Waals surface area contributed by atoms with Crippen molar-refractivity contribution < 1.29 is 9.53 Å². The van der Waals surface area contributed by atoms with Crippen molar-refractivity contribution in [1.29, 1.82) is 0 Å². The van der Waals surface area contributed by atoms with Gasteiger partial charge < -0.3 is 25.2 Å². The minimum Gasteiger partial charge on any atom is -0.476 e. The third kappa shape index (κ3) is 4.09. The number of carbonyl (C=O) groups is 1. The van der Waals surface area contributed by atoms with E-state index in [1.54, 1.807) is 6.20 Å². The number of hydrogen-bond acceptors (Lipinski definition) is 8. The van der Waals surface area contributed by atoms with Crippen molar-refractivity contribution in [1.82, 2.24) is 24.8 Å². The second-order valence-electron chi connectivity index (χ2n) is 9.30. The molecular formula is C23H31N7O2. The van der Waals surface area contributed by atoms with Crippen LogP contribution in [0.25, 0.3) is 0 Å². The lowest BCUT2D eigenvalue weighted by Crippen LogP contribution is -2.47. The normalized spacial score (nSPS) is 22.6. The van der Waals surface area contributed by atoms with Crippen molar-refractivity contribution in [3.05, 3.63) is 30.1 Å². The summed E-state index contributed by atoms with van der Waals surface area (Å²) in [5.74, 6) is 2.04. The van der Waals surface area contributed by atoms with Crippen LogP contribution in [0.3, 0.4) is 0 Å². The lowest BCUT2D eigenvalue weighted by Gasteiger charge is -2.27. The van der Waals surface area contributed by atoms with Gasteiger partial charge in [0.2, 0.25) is 17.7 Å². The Bertz CT molecular complexity index is 975. The number of aromatic nitrogens is 3. The molecule has 2 aliphatic heterocycles. The van der Waals surface area contributed by atoms with E-state index in [2.05, 4.69) is 35.4 Å². The van der Waals surface area contributed by atoms with Gasteiger partial charge in [0.1, 0.15) is 18.0 Å². The average molecular weight is 438 g/mol. The molecule has 9 heteroatoms. The first-order chi connectivity index (χ1) is 15.5. The van der Waals surface area contributed by atoms with E-state index in [0.29, 0.717) is 30.9 Å². The Morgan fingerprint density at radius 2 is 2.09 bits per heavy atom. The zero-order valence-corrected chi connectivity index (χ0v) is 18.8. The first-order valence-corrected chi connectivity index (χ1v) is 11.5. The lowest BCUT2D eigenvalue weighted by atomic mass is 9.94. The van der Waals surface area contributed by atoms with E-state index in [-0.39, 0.29) is 5.91 Å². The molecular weight excluding hydrogens is 406 g/mol. The van der Waals surface area contributed by atoms with E-state index >= 15 is 0 Å². The Morgan fingerprint density at radius 3 is 2.84 bits per heavy atom. The molecule has 32 heavy (non-hydrogen) atoms. The standard InChI is InChI=1S/C23H31N7O2/c1-29(2)11-12-32-19-8-7-17(15-24-19)26-22-25-14-16-13-23(28-20(16)27-22)9-10-30(21(23)31)18-5-3-4-6-18/h7-8,14-15,18H,3-6,9-13H2,1-2H3,(H2,25,26,27,28). The van der Waals surface area contributed by atoms with Crippen molar-refractivity contribution >= 4 is 23.4 Å². The van der Waals surface area contributed by atoms with Crippen LogP contribution in [0.4, 0.5) is 17.5 Å². The van der Waals surface area contributed by atoms with E-state index in [9.17, 15) is 4.79 Å². The Balaban J connectivity index is 1.22. The van der Waals surface area contributed by atoms with Crippen molar-refractivity contribution in [3.63, 3.8) is 0 Å². The van der Waals surface area contributed by atoms with Crippen molar-refractivity contribution in [2.45, 2.75) is 50.1 Å². The molecule has 170 valence electrons. The topological polar surface area (TPSA) is 95.5 Å². The first kappa shape index (κ1) is 20.9. The monoisotopic (exact) mass is 437 g/mol. The molecule has 4 heterocycles. The van der Waals surface area contributed by atoms with Crippen LogP contribution in [-0.2, 0) is 11.2 Å². The maximum Gasteiger partial charge on any atom is 0.248 e. The molecule has 9 nitrogen and oxygen atoms in total. The third-order valence-electron chi connectivity index (χ3n) is 6.71. The summed E-state index contributed by atoms with van der Waals surface area (Å²) < 4.78 is 5.63. The number of anilines is 3. The number of carbonyl (C=O) groups excluding carboxylic acids is 1. The molecule has 0 radical (unpaired) electrons. The van der Waals surface area contributed by atoms with E-state index < -0.39 is 5.54 Å². The van der Waals surface area contributed by atoms with Crippen LogP contribution in [0.2, 0.25) is 0 Å². The zero-order chi connectivity index (χ0) is 22.1. The fraction of sp³-hybridized carbons (Fsp3) is 0.565. The molecule has 1 saturated heterocycles. The first-order valence-electron chi connectivity index (χ1n) is 11.5. The Morgan fingerprint density at radius 1 is 1.25 bits per heavy atom. The molecule has 1 saturated carbocycles. The van der Waals surface area contributed by atoms with Crippen LogP contribution in [0.15, 0.2) is 24.5 Å². The molecule has 1 unspecified atom stereocenters.